The number of amides is 1. The quantitative estimate of drug-likeness (QED) is 0.661. The van der Waals surface area contributed by atoms with Crippen molar-refractivity contribution >= 4 is 5.91 Å². The second-order valence-electron chi connectivity index (χ2n) is 7.26. The molecule has 1 atom stereocenters. The van der Waals surface area contributed by atoms with Gasteiger partial charge in [-0.25, -0.2) is 0 Å². The Balaban J connectivity index is 2.04. The maximum Gasteiger partial charge on any atom is 0.263 e. The fourth-order valence-corrected chi connectivity index (χ4v) is 3.39. The molecule has 0 saturated heterocycles. The van der Waals surface area contributed by atoms with Crippen molar-refractivity contribution in [2.45, 2.75) is 71.8 Å². The van der Waals surface area contributed by atoms with Crippen LogP contribution in [0.25, 0.3) is 0 Å². The number of carbonyl (C=O) groups excluding carboxylic acids is 1. The van der Waals surface area contributed by atoms with Gasteiger partial charge in [-0.15, -0.1) is 0 Å². The first-order valence-electron chi connectivity index (χ1n) is 9.21. The van der Waals surface area contributed by atoms with Crippen molar-refractivity contribution in [1.29, 1.82) is 0 Å². The van der Waals surface area contributed by atoms with Crippen molar-refractivity contribution < 1.29 is 19.7 Å². The Morgan fingerprint density at radius 2 is 1.80 bits per heavy atom. The van der Waals surface area contributed by atoms with Crippen LogP contribution in [0.3, 0.4) is 0 Å². The van der Waals surface area contributed by atoms with Crippen molar-refractivity contribution in [1.82, 2.24) is 5.32 Å². The zero-order valence-electron chi connectivity index (χ0n) is 15.9. The molecule has 25 heavy (non-hydrogen) atoms. The van der Waals surface area contributed by atoms with Crippen molar-refractivity contribution in [3.8, 4) is 11.5 Å². The Morgan fingerprint density at radius 3 is 2.48 bits per heavy atom. The van der Waals surface area contributed by atoms with Crippen molar-refractivity contribution in [3.63, 3.8) is 0 Å². The molecule has 0 aliphatic carbocycles. The van der Waals surface area contributed by atoms with E-state index in [0.29, 0.717) is 18.7 Å². The molecule has 3 N–H and O–H groups in total. The van der Waals surface area contributed by atoms with E-state index < -0.39 is 5.60 Å². The van der Waals surface area contributed by atoms with Crippen LogP contribution < -0.4 is 10.1 Å². The van der Waals surface area contributed by atoms with Gasteiger partial charge in [0, 0.05) is 25.1 Å². The minimum atomic E-state index is -0.876. The van der Waals surface area contributed by atoms with E-state index in [0.717, 1.165) is 60.1 Å². The lowest BCUT2D eigenvalue weighted by atomic mass is 9.86. The number of hydrogen-bond donors (Lipinski definition) is 3. The molecular weight excluding hydrogens is 318 g/mol. The first-order chi connectivity index (χ1) is 11.8. The van der Waals surface area contributed by atoms with E-state index in [9.17, 15) is 9.90 Å². The van der Waals surface area contributed by atoms with Gasteiger partial charge in [0.1, 0.15) is 11.5 Å². The molecule has 1 aromatic carbocycles. The van der Waals surface area contributed by atoms with Crippen LogP contribution in [0.5, 0.6) is 11.5 Å². The summed E-state index contributed by atoms with van der Waals surface area (Å²) in [7, 11) is 0. The summed E-state index contributed by atoms with van der Waals surface area (Å²) < 4.78 is 6.17. The van der Waals surface area contributed by atoms with E-state index >= 15 is 0 Å². The lowest BCUT2D eigenvalue weighted by Gasteiger charge is -2.36. The highest BCUT2D eigenvalue weighted by molar-refractivity contribution is 5.85. The van der Waals surface area contributed by atoms with E-state index in [1.807, 2.05) is 27.7 Å². The number of aromatic hydroxyl groups is 1. The number of aliphatic hydroxyl groups is 1. The third-order valence-electron chi connectivity index (χ3n) is 5.37. The van der Waals surface area contributed by atoms with Gasteiger partial charge in [0.2, 0.25) is 0 Å². The predicted molar refractivity (Wildman–Crippen MR) is 98.2 cm³/mol. The molecule has 1 heterocycles. The summed E-state index contributed by atoms with van der Waals surface area (Å²) >= 11 is 0. The average molecular weight is 349 g/mol. The summed E-state index contributed by atoms with van der Waals surface area (Å²) in [5.41, 5.74) is 2.70. The Bertz CT molecular complexity index is 641. The molecule has 0 bridgehead atoms. The minimum Gasteiger partial charge on any atom is -0.507 e. The van der Waals surface area contributed by atoms with Crippen LogP contribution in [0.1, 0.15) is 61.3 Å². The molecule has 1 aliphatic heterocycles. The second kappa shape index (κ2) is 8.09. The minimum absolute atomic E-state index is 0.0805. The molecule has 0 saturated carbocycles. The Hall–Kier alpha value is -1.75. The van der Waals surface area contributed by atoms with Gasteiger partial charge >= 0.3 is 0 Å². The van der Waals surface area contributed by atoms with Gasteiger partial charge in [-0.2, -0.15) is 0 Å². The van der Waals surface area contributed by atoms with Crippen LogP contribution in [0.4, 0.5) is 0 Å². The second-order valence-corrected chi connectivity index (χ2v) is 7.26. The van der Waals surface area contributed by atoms with E-state index in [4.69, 9.17) is 9.84 Å². The largest absolute Gasteiger partial charge is 0.507 e. The zero-order chi connectivity index (χ0) is 18.6. The lowest BCUT2D eigenvalue weighted by Crippen LogP contribution is -2.51. The zero-order valence-corrected chi connectivity index (χ0v) is 15.9. The van der Waals surface area contributed by atoms with Gasteiger partial charge < -0.3 is 20.3 Å². The maximum atomic E-state index is 12.6. The molecule has 1 amide bonds. The van der Waals surface area contributed by atoms with E-state index in [2.05, 4.69) is 5.32 Å². The van der Waals surface area contributed by atoms with Gasteiger partial charge in [0.15, 0.2) is 5.60 Å². The molecule has 0 fully saturated rings. The van der Waals surface area contributed by atoms with Gasteiger partial charge in [0.05, 0.1) is 0 Å². The number of rotatable bonds is 7. The normalized spacial score (nSPS) is 19.2. The number of nitrogens with one attached hydrogen (secondary N) is 1. The summed E-state index contributed by atoms with van der Waals surface area (Å²) in [6.07, 6.45) is 5.02. The van der Waals surface area contributed by atoms with Gasteiger partial charge in [-0.05, 0) is 63.6 Å². The van der Waals surface area contributed by atoms with Crippen LogP contribution in [-0.4, -0.2) is 34.9 Å². The first kappa shape index (κ1) is 19.6. The number of phenolic OH excluding ortho intramolecular Hbond substituents is 1. The monoisotopic (exact) mass is 349 g/mol. The molecule has 1 aromatic rings. The Labute approximate surface area is 150 Å². The predicted octanol–water partition coefficient (Wildman–Crippen LogP) is 3.07. The molecule has 0 aromatic heterocycles. The topological polar surface area (TPSA) is 78.8 Å². The third-order valence-corrected chi connectivity index (χ3v) is 5.37. The van der Waals surface area contributed by atoms with Crippen LogP contribution >= 0.6 is 0 Å². The van der Waals surface area contributed by atoms with E-state index in [-0.39, 0.29) is 12.5 Å². The van der Waals surface area contributed by atoms with Crippen LogP contribution in [0, 0.1) is 20.8 Å². The molecule has 0 spiro atoms. The maximum absolute atomic E-state index is 12.6. The van der Waals surface area contributed by atoms with Gasteiger partial charge in [0.25, 0.3) is 5.91 Å². The number of phenols is 1. The van der Waals surface area contributed by atoms with E-state index in [1.54, 1.807) is 0 Å². The van der Waals surface area contributed by atoms with Gasteiger partial charge in [-0.1, -0.05) is 12.8 Å². The number of ether oxygens (including phenoxy) is 1. The third kappa shape index (κ3) is 4.09. The van der Waals surface area contributed by atoms with Crippen molar-refractivity contribution in [3.05, 3.63) is 22.3 Å². The molecule has 0 radical (unpaired) electrons. The number of benzene rings is 1. The lowest BCUT2D eigenvalue weighted by molar-refractivity contribution is -0.136. The Morgan fingerprint density at radius 1 is 1.12 bits per heavy atom. The van der Waals surface area contributed by atoms with Gasteiger partial charge in [-0.3, -0.25) is 4.79 Å². The molecule has 140 valence electrons. The number of fused-ring (bicyclic) bond motifs is 1. The average Bonchev–Trinajstić information content (AvgIpc) is 2.60. The highest BCUT2D eigenvalue weighted by Gasteiger charge is 2.40. The highest BCUT2D eigenvalue weighted by atomic mass is 16.5. The molecular formula is C20H31NO4. The van der Waals surface area contributed by atoms with Crippen molar-refractivity contribution in [2.75, 3.05) is 13.2 Å². The highest BCUT2D eigenvalue weighted by Crippen LogP contribution is 2.43. The number of unbranched alkanes of at least 4 members (excludes halogenated alkanes) is 3. The SMILES string of the molecule is Cc1c(C)c2c(c(C)c1O)CCC(C)(C(=O)NCCCCCCO)O2. The van der Waals surface area contributed by atoms with Crippen molar-refractivity contribution in [2.24, 2.45) is 0 Å². The number of carbonyl (C=O) groups is 1. The molecule has 1 unspecified atom stereocenters. The van der Waals surface area contributed by atoms with Crippen LogP contribution in [0.2, 0.25) is 0 Å². The summed E-state index contributed by atoms with van der Waals surface area (Å²) in [4.78, 5) is 12.6. The molecule has 1 aliphatic rings. The summed E-state index contributed by atoms with van der Waals surface area (Å²) in [5.74, 6) is 0.999. The number of aliphatic hydroxyl groups excluding tert-OH is 1. The Kier molecular flexibility index (Phi) is 6.33. The fraction of sp³-hybridized carbons (Fsp3) is 0.650. The smallest absolute Gasteiger partial charge is 0.263 e. The molecule has 5 heteroatoms. The van der Waals surface area contributed by atoms with Crippen LogP contribution in [-0.2, 0) is 11.2 Å². The standard InChI is InChI=1S/C20H31NO4/c1-13-14(2)18-16(15(3)17(13)23)9-10-20(4,25-18)19(24)21-11-7-5-6-8-12-22/h22-23H,5-12H2,1-4H3,(H,21,24). The molecule has 5 nitrogen and oxygen atoms in total. The molecule has 2 rings (SSSR count). The van der Waals surface area contributed by atoms with Crippen LogP contribution in [0.15, 0.2) is 0 Å². The van der Waals surface area contributed by atoms with E-state index in [1.165, 1.54) is 0 Å². The summed E-state index contributed by atoms with van der Waals surface area (Å²) in [6.45, 7) is 8.40. The summed E-state index contributed by atoms with van der Waals surface area (Å²) in [6, 6.07) is 0. The first-order valence-corrected chi connectivity index (χ1v) is 9.21. The number of hydrogen-bond acceptors (Lipinski definition) is 4. The fourth-order valence-electron chi connectivity index (χ4n) is 3.39. The summed E-state index contributed by atoms with van der Waals surface area (Å²) in [5, 5.41) is 22.0.